The molecule has 0 N–H and O–H groups in total. The van der Waals surface area contributed by atoms with Crippen molar-refractivity contribution in [1.29, 1.82) is 0 Å². The van der Waals surface area contributed by atoms with Crippen molar-refractivity contribution in [3.05, 3.63) is 53.1 Å². The van der Waals surface area contributed by atoms with Crippen LogP contribution in [0, 0.1) is 0 Å². The van der Waals surface area contributed by atoms with Gasteiger partial charge >= 0.3 is 18.7 Å². The maximum absolute atomic E-state index is 13.2. The summed E-state index contributed by atoms with van der Waals surface area (Å²) in [5.41, 5.74) is -5.18. The molecule has 0 spiro atoms. The Morgan fingerprint density at radius 3 is 1.89 bits per heavy atom. The van der Waals surface area contributed by atoms with Crippen LogP contribution in [-0.2, 0) is 12.4 Å². The zero-order valence-electron chi connectivity index (χ0n) is 12.8. The van der Waals surface area contributed by atoms with Crippen LogP contribution in [0.3, 0.4) is 0 Å². The van der Waals surface area contributed by atoms with E-state index in [1.54, 1.807) is 0 Å². The van der Waals surface area contributed by atoms with Crippen LogP contribution in [0.25, 0.3) is 11.1 Å². The molecule has 27 heavy (non-hydrogen) atoms. The SMILES string of the molecule is O=Cc1cc(OC(F)(F)F)cc(-c2ccc(C(F)(F)F)cc2C(F)(F)F)c1. The van der Waals surface area contributed by atoms with Gasteiger partial charge in [0.05, 0.1) is 11.1 Å². The summed E-state index contributed by atoms with van der Waals surface area (Å²) in [6.45, 7) is 0. The maximum atomic E-state index is 13.2. The smallest absolute Gasteiger partial charge is 0.406 e. The van der Waals surface area contributed by atoms with E-state index in [4.69, 9.17) is 0 Å². The average Bonchev–Trinajstić information content (AvgIpc) is 2.50. The first kappa shape index (κ1) is 20.6. The van der Waals surface area contributed by atoms with Gasteiger partial charge in [0.1, 0.15) is 12.0 Å². The summed E-state index contributed by atoms with van der Waals surface area (Å²) in [6.07, 6.45) is -15.4. The average molecular weight is 402 g/mol. The molecular formula is C16H7F9O2. The number of alkyl halides is 9. The van der Waals surface area contributed by atoms with E-state index in [0.717, 1.165) is 6.07 Å². The van der Waals surface area contributed by atoms with E-state index in [0.29, 0.717) is 24.3 Å². The molecule has 0 aliphatic carbocycles. The molecule has 0 saturated carbocycles. The van der Waals surface area contributed by atoms with E-state index in [9.17, 15) is 44.3 Å². The van der Waals surface area contributed by atoms with Gasteiger partial charge in [0, 0.05) is 5.56 Å². The van der Waals surface area contributed by atoms with Gasteiger partial charge in [-0.1, -0.05) is 6.07 Å². The van der Waals surface area contributed by atoms with Crippen LogP contribution >= 0.6 is 0 Å². The fourth-order valence-electron chi connectivity index (χ4n) is 2.25. The first-order valence-electron chi connectivity index (χ1n) is 6.85. The molecule has 11 heteroatoms. The van der Waals surface area contributed by atoms with Crippen LogP contribution < -0.4 is 4.74 Å². The summed E-state index contributed by atoms with van der Waals surface area (Å²) < 4.78 is 118. The minimum absolute atomic E-state index is 0.0596. The molecule has 146 valence electrons. The highest BCUT2D eigenvalue weighted by Crippen LogP contribution is 2.42. The van der Waals surface area contributed by atoms with Gasteiger partial charge in [-0.05, 0) is 41.5 Å². The molecule has 0 heterocycles. The molecule has 0 atom stereocenters. The topological polar surface area (TPSA) is 26.3 Å². The minimum Gasteiger partial charge on any atom is -0.406 e. The number of carbonyl (C=O) groups is 1. The molecule has 0 bridgehead atoms. The largest absolute Gasteiger partial charge is 0.573 e. The van der Waals surface area contributed by atoms with E-state index in [1.165, 1.54) is 0 Å². The summed E-state index contributed by atoms with van der Waals surface area (Å²) in [6, 6.07) is 2.62. The van der Waals surface area contributed by atoms with Gasteiger partial charge in [0.25, 0.3) is 0 Å². The van der Waals surface area contributed by atoms with Crippen molar-refractivity contribution >= 4 is 6.29 Å². The van der Waals surface area contributed by atoms with Crippen molar-refractivity contribution in [2.45, 2.75) is 18.7 Å². The third kappa shape index (κ3) is 5.14. The van der Waals surface area contributed by atoms with Crippen molar-refractivity contribution in [1.82, 2.24) is 0 Å². The highest BCUT2D eigenvalue weighted by Gasteiger charge is 2.38. The molecule has 0 aromatic heterocycles. The van der Waals surface area contributed by atoms with Crippen molar-refractivity contribution in [3.63, 3.8) is 0 Å². The highest BCUT2D eigenvalue weighted by molar-refractivity contribution is 5.81. The Morgan fingerprint density at radius 1 is 0.778 bits per heavy atom. The van der Waals surface area contributed by atoms with E-state index in [2.05, 4.69) is 4.74 Å². The molecule has 0 saturated heterocycles. The molecule has 0 radical (unpaired) electrons. The van der Waals surface area contributed by atoms with E-state index in [1.807, 2.05) is 0 Å². The van der Waals surface area contributed by atoms with Crippen molar-refractivity contribution in [2.24, 2.45) is 0 Å². The molecular weight excluding hydrogens is 395 g/mol. The monoisotopic (exact) mass is 402 g/mol. The second-order valence-corrected chi connectivity index (χ2v) is 5.21. The van der Waals surface area contributed by atoms with Crippen LogP contribution in [0.4, 0.5) is 39.5 Å². The highest BCUT2D eigenvalue weighted by atomic mass is 19.4. The Kier molecular flexibility index (Phi) is 5.17. The fourth-order valence-corrected chi connectivity index (χ4v) is 2.25. The Balaban J connectivity index is 2.70. The molecule has 2 rings (SSSR count). The van der Waals surface area contributed by atoms with Crippen LogP contribution in [0.2, 0.25) is 0 Å². The first-order valence-corrected chi connectivity index (χ1v) is 6.85. The van der Waals surface area contributed by atoms with Gasteiger partial charge in [-0.15, -0.1) is 13.2 Å². The Labute approximate surface area is 145 Å². The first-order chi connectivity index (χ1) is 12.2. The summed E-state index contributed by atoms with van der Waals surface area (Å²) in [5, 5.41) is 0. The van der Waals surface area contributed by atoms with Gasteiger partial charge in [0.15, 0.2) is 0 Å². The lowest BCUT2D eigenvalue weighted by Crippen LogP contribution is -2.17. The number of benzene rings is 2. The van der Waals surface area contributed by atoms with E-state index in [-0.39, 0.29) is 12.4 Å². The molecule has 2 aromatic carbocycles. The number of hydrogen-bond acceptors (Lipinski definition) is 2. The Morgan fingerprint density at radius 2 is 1.41 bits per heavy atom. The van der Waals surface area contributed by atoms with Gasteiger partial charge in [-0.25, -0.2) is 0 Å². The summed E-state index contributed by atoms with van der Waals surface area (Å²) in [5.74, 6) is -0.991. The van der Waals surface area contributed by atoms with E-state index < -0.39 is 52.3 Å². The third-order valence-corrected chi connectivity index (χ3v) is 3.26. The molecule has 0 amide bonds. The van der Waals surface area contributed by atoms with Gasteiger partial charge in [0.2, 0.25) is 0 Å². The van der Waals surface area contributed by atoms with Crippen LogP contribution in [0.1, 0.15) is 21.5 Å². The lowest BCUT2D eigenvalue weighted by molar-refractivity contribution is -0.274. The van der Waals surface area contributed by atoms with Crippen LogP contribution in [-0.4, -0.2) is 12.6 Å². The third-order valence-electron chi connectivity index (χ3n) is 3.26. The summed E-state index contributed by atoms with van der Waals surface area (Å²) in [7, 11) is 0. The maximum Gasteiger partial charge on any atom is 0.573 e. The van der Waals surface area contributed by atoms with Crippen molar-refractivity contribution in [3.8, 4) is 16.9 Å². The molecule has 0 fully saturated rings. The predicted molar refractivity (Wildman–Crippen MR) is 74.0 cm³/mol. The Hall–Kier alpha value is -2.72. The number of aldehydes is 1. The number of ether oxygens (including phenoxy) is 1. The summed E-state index contributed by atoms with van der Waals surface area (Å²) >= 11 is 0. The Bertz CT molecular complexity index is 848. The lowest BCUT2D eigenvalue weighted by Gasteiger charge is -2.17. The molecule has 0 aliphatic heterocycles. The molecule has 0 aliphatic rings. The number of rotatable bonds is 3. The zero-order valence-corrected chi connectivity index (χ0v) is 12.8. The second-order valence-electron chi connectivity index (χ2n) is 5.21. The summed E-state index contributed by atoms with van der Waals surface area (Å²) in [4.78, 5) is 10.9. The van der Waals surface area contributed by atoms with Crippen molar-refractivity contribution in [2.75, 3.05) is 0 Å². The number of halogens is 9. The lowest BCUT2D eigenvalue weighted by atomic mass is 9.95. The second kappa shape index (κ2) is 6.78. The number of carbonyl (C=O) groups excluding carboxylic acids is 1. The van der Waals surface area contributed by atoms with E-state index >= 15 is 0 Å². The zero-order chi connectivity index (χ0) is 20.6. The number of hydrogen-bond donors (Lipinski definition) is 0. The van der Waals surface area contributed by atoms with Gasteiger partial charge < -0.3 is 4.74 Å². The normalized spacial score (nSPS) is 12.8. The van der Waals surface area contributed by atoms with Crippen LogP contribution in [0.15, 0.2) is 36.4 Å². The molecule has 2 nitrogen and oxygen atoms in total. The van der Waals surface area contributed by atoms with Crippen molar-refractivity contribution < 1.29 is 49.0 Å². The van der Waals surface area contributed by atoms with Gasteiger partial charge in [-0.3, -0.25) is 4.79 Å². The minimum atomic E-state index is -5.24. The molecule has 0 unspecified atom stereocenters. The van der Waals surface area contributed by atoms with Gasteiger partial charge in [-0.2, -0.15) is 26.3 Å². The fraction of sp³-hybridized carbons (Fsp3) is 0.188. The standard InChI is InChI=1S/C16H7F9O2/c17-14(18,19)10-1-2-12(13(6-10)15(20,21)22)9-3-8(7-26)4-11(5-9)27-16(23,24)25/h1-7H. The quantitative estimate of drug-likeness (QED) is 0.458. The predicted octanol–water partition coefficient (Wildman–Crippen LogP) is 6.10. The van der Waals surface area contributed by atoms with Crippen LogP contribution in [0.5, 0.6) is 5.75 Å². The molecule has 2 aromatic rings.